The first-order valence-electron chi connectivity index (χ1n) is 7.42. The smallest absolute Gasteiger partial charge is 0.319 e. The van der Waals surface area contributed by atoms with E-state index in [0.717, 1.165) is 10.5 Å². The standard InChI is InChI=1S/C17H17N3O3S/c1-17(12-8-9-24-11-12)15(22)20(16(23)18-17)10-14(21)19(2)13-6-4-3-5-7-13/h3-9,11H,10H2,1-2H3,(H,18,23). The molecule has 124 valence electrons. The zero-order chi connectivity index (χ0) is 17.3. The third kappa shape index (κ3) is 2.67. The Balaban J connectivity index is 1.77. The number of hydrogen-bond acceptors (Lipinski definition) is 4. The van der Waals surface area contributed by atoms with Gasteiger partial charge in [0.25, 0.3) is 5.91 Å². The number of imide groups is 1. The number of hydrogen-bond donors (Lipinski definition) is 1. The molecule has 1 atom stereocenters. The highest BCUT2D eigenvalue weighted by atomic mass is 32.1. The summed E-state index contributed by atoms with van der Waals surface area (Å²) in [5.41, 5.74) is 0.301. The van der Waals surface area contributed by atoms with E-state index in [1.54, 1.807) is 32.2 Å². The van der Waals surface area contributed by atoms with Crippen molar-refractivity contribution in [1.29, 1.82) is 0 Å². The van der Waals surface area contributed by atoms with E-state index < -0.39 is 17.5 Å². The monoisotopic (exact) mass is 343 g/mol. The number of urea groups is 1. The summed E-state index contributed by atoms with van der Waals surface area (Å²) in [6.45, 7) is 1.36. The van der Waals surface area contributed by atoms with Crippen LogP contribution in [-0.2, 0) is 15.1 Å². The number of carbonyl (C=O) groups excluding carboxylic acids is 3. The van der Waals surface area contributed by atoms with Crippen LogP contribution >= 0.6 is 11.3 Å². The van der Waals surface area contributed by atoms with Gasteiger partial charge in [-0.1, -0.05) is 18.2 Å². The summed E-state index contributed by atoms with van der Waals surface area (Å²) < 4.78 is 0. The number of likely N-dealkylation sites (N-methyl/N-ethyl adjacent to an activating group) is 1. The van der Waals surface area contributed by atoms with Crippen LogP contribution in [0.15, 0.2) is 47.2 Å². The number of nitrogens with zero attached hydrogens (tertiary/aromatic N) is 2. The van der Waals surface area contributed by atoms with E-state index in [0.29, 0.717) is 5.69 Å². The van der Waals surface area contributed by atoms with Crippen LogP contribution in [-0.4, -0.2) is 36.3 Å². The molecule has 7 heteroatoms. The van der Waals surface area contributed by atoms with E-state index in [1.165, 1.54) is 16.2 Å². The third-order valence-corrected chi connectivity index (χ3v) is 4.87. The molecule has 1 aliphatic rings. The van der Waals surface area contributed by atoms with Crippen molar-refractivity contribution >= 4 is 34.9 Å². The van der Waals surface area contributed by atoms with Gasteiger partial charge in [0, 0.05) is 12.7 Å². The van der Waals surface area contributed by atoms with Gasteiger partial charge in [-0.15, -0.1) is 0 Å². The minimum atomic E-state index is -1.12. The van der Waals surface area contributed by atoms with Crippen LogP contribution < -0.4 is 10.2 Å². The van der Waals surface area contributed by atoms with Crippen LogP contribution in [0.5, 0.6) is 0 Å². The van der Waals surface area contributed by atoms with Crippen LogP contribution in [0, 0.1) is 0 Å². The lowest BCUT2D eigenvalue weighted by atomic mass is 9.95. The molecular weight excluding hydrogens is 326 g/mol. The highest BCUT2D eigenvalue weighted by Gasteiger charge is 2.49. The van der Waals surface area contributed by atoms with Crippen molar-refractivity contribution in [2.75, 3.05) is 18.5 Å². The minimum absolute atomic E-state index is 0.296. The van der Waals surface area contributed by atoms with E-state index >= 15 is 0 Å². The molecule has 1 N–H and O–H groups in total. The quantitative estimate of drug-likeness (QED) is 0.865. The second-order valence-electron chi connectivity index (χ2n) is 5.75. The molecule has 0 saturated carbocycles. The molecular formula is C17H17N3O3S. The molecule has 1 saturated heterocycles. The van der Waals surface area contributed by atoms with E-state index in [2.05, 4.69) is 5.32 Å². The molecule has 1 fully saturated rings. The Hall–Kier alpha value is -2.67. The van der Waals surface area contributed by atoms with Crippen molar-refractivity contribution in [3.63, 3.8) is 0 Å². The van der Waals surface area contributed by atoms with Gasteiger partial charge < -0.3 is 10.2 Å². The van der Waals surface area contributed by atoms with Crippen molar-refractivity contribution in [3.05, 3.63) is 52.7 Å². The second kappa shape index (κ2) is 6.09. The summed E-state index contributed by atoms with van der Waals surface area (Å²) >= 11 is 1.45. The Morgan fingerprint density at radius 2 is 1.96 bits per heavy atom. The molecule has 0 aliphatic carbocycles. The molecule has 2 aromatic rings. The Morgan fingerprint density at radius 1 is 1.25 bits per heavy atom. The Morgan fingerprint density at radius 3 is 2.58 bits per heavy atom. The highest BCUT2D eigenvalue weighted by Crippen LogP contribution is 2.30. The Labute approximate surface area is 143 Å². The topological polar surface area (TPSA) is 69.7 Å². The summed E-state index contributed by atoms with van der Waals surface area (Å²) in [5, 5.41) is 6.35. The number of thiophene rings is 1. The molecule has 1 aliphatic heterocycles. The maximum Gasteiger partial charge on any atom is 0.325 e. The van der Waals surface area contributed by atoms with Crippen molar-refractivity contribution in [2.45, 2.75) is 12.5 Å². The summed E-state index contributed by atoms with van der Waals surface area (Å²) in [4.78, 5) is 39.8. The number of para-hydroxylation sites is 1. The number of carbonyl (C=O) groups is 3. The molecule has 0 radical (unpaired) electrons. The molecule has 1 unspecified atom stereocenters. The fraction of sp³-hybridized carbons (Fsp3) is 0.235. The lowest BCUT2D eigenvalue weighted by Crippen LogP contribution is -2.43. The molecule has 3 rings (SSSR count). The van der Waals surface area contributed by atoms with E-state index in [9.17, 15) is 14.4 Å². The van der Waals surface area contributed by atoms with Crippen molar-refractivity contribution < 1.29 is 14.4 Å². The molecule has 1 aromatic carbocycles. The highest BCUT2D eigenvalue weighted by molar-refractivity contribution is 7.08. The zero-order valence-corrected chi connectivity index (χ0v) is 14.2. The van der Waals surface area contributed by atoms with Gasteiger partial charge in [-0.25, -0.2) is 4.79 Å². The molecule has 24 heavy (non-hydrogen) atoms. The molecule has 0 spiro atoms. The molecule has 4 amide bonds. The fourth-order valence-electron chi connectivity index (χ4n) is 2.62. The second-order valence-corrected chi connectivity index (χ2v) is 6.53. The van der Waals surface area contributed by atoms with Gasteiger partial charge in [-0.2, -0.15) is 11.3 Å². The Bertz CT molecular complexity index is 776. The van der Waals surface area contributed by atoms with E-state index in [-0.39, 0.29) is 12.5 Å². The van der Waals surface area contributed by atoms with Crippen molar-refractivity contribution in [1.82, 2.24) is 10.2 Å². The van der Waals surface area contributed by atoms with Crippen LogP contribution in [0.2, 0.25) is 0 Å². The van der Waals surface area contributed by atoms with Crippen molar-refractivity contribution in [3.8, 4) is 0 Å². The first kappa shape index (κ1) is 16.2. The van der Waals surface area contributed by atoms with Crippen LogP contribution in [0.1, 0.15) is 12.5 Å². The lowest BCUT2D eigenvalue weighted by molar-refractivity contribution is -0.134. The number of rotatable bonds is 4. The van der Waals surface area contributed by atoms with Gasteiger partial charge in [0.15, 0.2) is 0 Å². The summed E-state index contributed by atoms with van der Waals surface area (Å²) in [6, 6.07) is 10.3. The number of nitrogens with one attached hydrogen (secondary N) is 1. The van der Waals surface area contributed by atoms with Gasteiger partial charge in [-0.3, -0.25) is 14.5 Å². The lowest BCUT2D eigenvalue weighted by Gasteiger charge is -2.22. The summed E-state index contributed by atoms with van der Waals surface area (Å²) in [5.74, 6) is -0.750. The normalized spacial score (nSPS) is 20.2. The van der Waals surface area contributed by atoms with E-state index in [4.69, 9.17) is 0 Å². The predicted octanol–water partition coefficient (Wildman–Crippen LogP) is 2.18. The van der Waals surface area contributed by atoms with Crippen LogP contribution in [0.3, 0.4) is 0 Å². The van der Waals surface area contributed by atoms with Gasteiger partial charge in [0.05, 0.1) is 0 Å². The molecule has 1 aromatic heterocycles. The number of benzene rings is 1. The number of amides is 4. The first-order chi connectivity index (χ1) is 11.4. The van der Waals surface area contributed by atoms with Gasteiger partial charge in [-0.05, 0) is 41.4 Å². The number of anilines is 1. The minimum Gasteiger partial charge on any atom is -0.319 e. The van der Waals surface area contributed by atoms with Gasteiger partial charge in [0.1, 0.15) is 12.1 Å². The fourth-order valence-corrected chi connectivity index (χ4v) is 3.39. The Kier molecular flexibility index (Phi) is 4.11. The van der Waals surface area contributed by atoms with Crippen LogP contribution in [0.25, 0.3) is 0 Å². The average molecular weight is 343 g/mol. The average Bonchev–Trinajstić information content (AvgIpc) is 3.19. The predicted molar refractivity (Wildman–Crippen MR) is 91.8 cm³/mol. The molecule has 0 bridgehead atoms. The van der Waals surface area contributed by atoms with Gasteiger partial charge >= 0.3 is 6.03 Å². The molecule has 2 heterocycles. The zero-order valence-electron chi connectivity index (χ0n) is 13.4. The van der Waals surface area contributed by atoms with E-state index in [1.807, 2.05) is 29.0 Å². The molecule has 6 nitrogen and oxygen atoms in total. The maximum absolute atomic E-state index is 12.7. The van der Waals surface area contributed by atoms with Crippen molar-refractivity contribution in [2.24, 2.45) is 0 Å². The van der Waals surface area contributed by atoms with Gasteiger partial charge in [0.2, 0.25) is 5.91 Å². The largest absolute Gasteiger partial charge is 0.325 e. The first-order valence-corrected chi connectivity index (χ1v) is 8.36. The SMILES string of the molecule is CN(C(=O)CN1C(=O)NC(C)(c2ccsc2)C1=O)c1ccccc1. The third-order valence-electron chi connectivity index (χ3n) is 4.18. The maximum atomic E-state index is 12.7. The summed E-state index contributed by atoms with van der Waals surface area (Å²) in [7, 11) is 1.62. The van der Waals surface area contributed by atoms with Crippen LogP contribution in [0.4, 0.5) is 10.5 Å². The summed E-state index contributed by atoms with van der Waals surface area (Å²) in [6.07, 6.45) is 0.